The van der Waals surface area contributed by atoms with E-state index in [9.17, 15) is 0 Å². The molecule has 1 aromatic rings. The van der Waals surface area contributed by atoms with E-state index in [1.54, 1.807) is 0 Å². The van der Waals surface area contributed by atoms with Crippen LogP contribution in [0.15, 0.2) is 18.2 Å². The van der Waals surface area contributed by atoms with Crippen LogP contribution in [0, 0.1) is 5.92 Å². The summed E-state index contributed by atoms with van der Waals surface area (Å²) < 4.78 is 5.87. The summed E-state index contributed by atoms with van der Waals surface area (Å²) in [6, 6.07) is 5.96. The number of rotatable bonds is 8. The molecule has 3 heteroatoms. The summed E-state index contributed by atoms with van der Waals surface area (Å²) in [6.45, 7) is 7.29. The van der Waals surface area contributed by atoms with Gasteiger partial charge in [-0.05, 0) is 43.7 Å². The van der Waals surface area contributed by atoms with Crippen LogP contribution < -0.4 is 10.5 Å². The number of nitrogens with two attached hydrogens (primary N) is 1. The lowest BCUT2D eigenvalue weighted by Crippen LogP contribution is -2.22. The van der Waals surface area contributed by atoms with E-state index < -0.39 is 0 Å². The van der Waals surface area contributed by atoms with Gasteiger partial charge in [0.2, 0.25) is 0 Å². The molecular formula is C16H26ClNO. The predicted octanol–water partition coefficient (Wildman–Crippen LogP) is 4.43. The van der Waals surface area contributed by atoms with Crippen LogP contribution in [0.3, 0.4) is 0 Å². The van der Waals surface area contributed by atoms with Gasteiger partial charge in [-0.15, -0.1) is 0 Å². The minimum absolute atomic E-state index is 0.137. The number of benzene rings is 1. The standard InChI is InChI=1S/C16H26ClNO/c1-4-13(18)11-14-15(17)8-5-9-16(14)19-10-6-7-12(2)3/h5,8-9,12-13H,4,6-7,10-11,18H2,1-3H3. The van der Waals surface area contributed by atoms with E-state index >= 15 is 0 Å². The normalized spacial score (nSPS) is 12.7. The van der Waals surface area contributed by atoms with Crippen LogP contribution >= 0.6 is 11.6 Å². The molecule has 1 atom stereocenters. The molecule has 0 aromatic heterocycles. The van der Waals surface area contributed by atoms with Gasteiger partial charge >= 0.3 is 0 Å². The van der Waals surface area contributed by atoms with Crippen molar-refractivity contribution in [2.24, 2.45) is 11.7 Å². The Kier molecular flexibility index (Phi) is 7.25. The molecule has 0 bridgehead atoms. The number of ether oxygens (including phenoxy) is 1. The van der Waals surface area contributed by atoms with Crippen molar-refractivity contribution in [1.29, 1.82) is 0 Å². The third kappa shape index (κ3) is 5.84. The Morgan fingerprint density at radius 2 is 2.05 bits per heavy atom. The molecule has 0 aliphatic heterocycles. The second-order valence-corrected chi connectivity index (χ2v) is 5.88. The van der Waals surface area contributed by atoms with Crippen molar-refractivity contribution in [2.75, 3.05) is 6.61 Å². The zero-order valence-electron chi connectivity index (χ0n) is 12.3. The Labute approximate surface area is 122 Å². The lowest BCUT2D eigenvalue weighted by Gasteiger charge is -2.16. The van der Waals surface area contributed by atoms with Crippen LogP contribution in [-0.4, -0.2) is 12.6 Å². The van der Waals surface area contributed by atoms with Gasteiger partial charge in [0.05, 0.1) is 6.61 Å². The maximum Gasteiger partial charge on any atom is 0.124 e. The molecule has 1 aromatic carbocycles. The third-order valence-electron chi connectivity index (χ3n) is 3.25. The monoisotopic (exact) mass is 283 g/mol. The van der Waals surface area contributed by atoms with E-state index in [0.29, 0.717) is 0 Å². The molecule has 0 saturated carbocycles. The van der Waals surface area contributed by atoms with Crippen molar-refractivity contribution in [3.05, 3.63) is 28.8 Å². The first kappa shape index (κ1) is 16.3. The summed E-state index contributed by atoms with van der Waals surface area (Å²) in [7, 11) is 0. The minimum atomic E-state index is 0.137. The smallest absolute Gasteiger partial charge is 0.124 e. The fourth-order valence-corrected chi connectivity index (χ4v) is 2.20. The molecule has 1 rings (SSSR count). The SMILES string of the molecule is CCC(N)Cc1c(Cl)cccc1OCCCC(C)C. The van der Waals surface area contributed by atoms with Gasteiger partial charge in [0.25, 0.3) is 0 Å². The van der Waals surface area contributed by atoms with Crippen LogP contribution in [0.25, 0.3) is 0 Å². The highest BCUT2D eigenvalue weighted by Gasteiger charge is 2.11. The van der Waals surface area contributed by atoms with Crippen molar-refractivity contribution in [2.45, 2.75) is 52.5 Å². The van der Waals surface area contributed by atoms with Crippen molar-refractivity contribution in [3.63, 3.8) is 0 Å². The molecule has 0 heterocycles. The van der Waals surface area contributed by atoms with Crippen LogP contribution in [-0.2, 0) is 6.42 Å². The highest BCUT2D eigenvalue weighted by Crippen LogP contribution is 2.28. The van der Waals surface area contributed by atoms with Gasteiger partial charge in [-0.25, -0.2) is 0 Å². The second-order valence-electron chi connectivity index (χ2n) is 5.47. The van der Waals surface area contributed by atoms with E-state index in [1.807, 2.05) is 18.2 Å². The summed E-state index contributed by atoms with van der Waals surface area (Å²) >= 11 is 6.26. The quantitative estimate of drug-likeness (QED) is 0.716. The molecule has 2 nitrogen and oxygen atoms in total. The van der Waals surface area contributed by atoms with Crippen molar-refractivity contribution in [3.8, 4) is 5.75 Å². The molecule has 0 spiro atoms. The molecule has 19 heavy (non-hydrogen) atoms. The Balaban J connectivity index is 2.63. The average Bonchev–Trinajstić information content (AvgIpc) is 2.37. The van der Waals surface area contributed by atoms with Crippen LogP contribution in [0.2, 0.25) is 5.02 Å². The Bertz CT molecular complexity index is 379. The van der Waals surface area contributed by atoms with Gasteiger partial charge in [0.1, 0.15) is 5.75 Å². The molecule has 0 fully saturated rings. The lowest BCUT2D eigenvalue weighted by atomic mass is 10.0. The zero-order valence-corrected chi connectivity index (χ0v) is 13.0. The lowest BCUT2D eigenvalue weighted by molar-refractivity contribution is 0.294. The van der Waals surface area contributed by atoms with Crippen molar-refractivity contribution >= 4 is 11.6 Å². The van der Waals surface area contributed by atoms with Gasteiger partial charge < -0.3 is 10.5 Å². The second kappa shape index (κ2) is 8.44. The van der Waals surface area contributed by atoms with Crippen LogP contribution in [0.5, 0.6) is 5.75 Å². The summed E-state index contributed by atoms with van der Waals surface area (Å²) in [4.78, 5) is 0. The summed E-state index contributed by atoms with van der Waals surface area (Å²) in [5, 5.41) is 0.755. The van der Waals surface area contributed by atoms with E-state index in [1.165, 1.54) is 6.42 Å². The molecular weight excluding hydrogens is 258 g/mol. The highest BCUT2D eigenvalue weighted by molar-refractivity contribution is 6.31. The molecule has 0 aliphatic rings. The predicted molar refractivity (Wildman–Crippen MR) is 83.0 cm³/mol. The van der Waals surface area contributed by atoms with E-state index in [4.69, 9.17) is 22.1 Å². The van der Waals surface area contributed by atoms with E-state index in [0.717, 1.165) is 48.1 Å². The Hall–Kier alpha value is -0.730. The first-order valence-corrected chi connectivity index (χ1v) is 7.58. The molecule has 2 N–H and O–H groups in total. The van der Waals surface area contributed by atoms with Gasteiger partial charge in [-0.1, -0.05) is 38.4 Å². The number of hydrogen-bond acceptors (Lipinski definition) is 2. The molecule has 108 valence electrons. The molecule has 0 amide bonds. The average molecular weight is 284 g/mol. The highest BCUT2D eigenvalue weighted by atomic mass is 35.5. The first-order valence-electron chi connectivity index (χ1n) is 7.20. The van der Waals surface area contributed by atoms with E-state index in [-0.39, 0.29) is 6.04 Å². The van der Waals surface area contributed by atoms with Crippen LogP contribution in [0.1, 0.15) is 45.6 Å². The first-order chi connectivity index (χ1) is 9.04. The number of hydrogen-bond donors (Lipinski definition) is 1. The fraction of sp³-hybridized carbons (Fsp3) is 0.625. The van der Waals surface area contributed by atoms with Crippen molar-refractivity contribution in [1.82, 2.24) is 0 Å². The minimum Gasteiger partial charge on any atom is -0.493 e. The number of halogens is 1. The third-order valence-corrected chi connectivity index (χ3v) is 3.60. The fourth-order valence-electron chi connectivity index (χ4n) is 1.95. The molecule has 0 saturated heterocycles. The Morgan fingerprint density at radius 3 is 2.68 bits per heavy atom. The largest absolute Gasteiger partial charge is 0.493 e. The Morgan fingerprint density at radius 1 is 1.32 bits per heavy atom. The molecule has 0 radical (unpaired) electrons. The van der Waals surface area contributed by atoms with Gasteiger partial charge in [-0.2, -0.15) is 0 Å². The molecule has 1 unspecified atom stereocenters. The summed E-state index contributed by atoms with van der Waals surface area (Å²) in [6.07, 6.45) is 3.97. The maximum absolute atomic E-state index is 6.26. The topological polar surface area (TPSA) is 35.2 Å². The van der Waals surface area contributed by atoms with Crippen LogP contribution in [0.4, 0.5) is 0 Å². The van der Waals surface area contributed by atoms with Crippen molar-refractivity contribution < 1.29 is 4.74 Å². The summed E-state index contributed by atoms with van der Waals surface area (Å²) in [5.74, 6) is 1.61. The maximum atomic E-state index is 6.26. The zero-order chi connectivity index (χ0) is 14.3. The summed E-state index contributed by atoms with van der Waals surface area (Å²) in [5.41, 5.74) is 7.07. The molecule has 0 aliphatic carbocycles. The van der Waals surface area contributed by atoms with Gasteiger partial charge in [0, 0.05) is 16.6 Å². The van der Waals surface area contributed by atoms with E-state index in [2.05, 4.69) is 20.8 Å². The van der Waals surface area contributed by atoms with Gasteiger partial charge in [-0.3, -0.25) is 0 Å². The van der Waals surface area contributed by atoms with Gasteiger partial charge in [0.15, 0.2) is 0 Å².